The lowest BCUT2D eigenvalue weighted by Gasteiger charge is -2.21. The fraction of sp³-hybridized carbons (Fsp3) is 0.130. The summed E-state index contributed by atoms with van der Waals surface area (Å²) in [6.07, 6.45) is -1.83. The molecule has 0 radical (unpaired) electrons. The summed E-state index contributed by atoms with van der Waals surface area (Å²) in [6, 6.07) is 9.82. The van der Waals surface area contributed by atoms with E-state index in [0.717, 1.165) is 36.4 Å². The second-order valence-corrected chi connectivity index (χ2v) is 9.80. The van der Waals surface area contributed by atoms with Gasteiger partial charge in [-0.05, 0) is 48.0 Å². The van der Waals surface area contributed by atoms with E-state index in [1.807, 2.05) is 0 Å². The van der Waals surface area contributed by atoms with Crippen molar-refractivity contribution in [3.05, 3.63) is 88.8 Å². The maximum Gasteiger partial charge on any atom is 0.573 e. The van der Waals surface area contributed by atoms with E-state index in [-0.39, 0.29) is 21.7 Å². The number of aromatic carboxylic acids is 1. The molecule has 1 unspecified atom stereocenters. The first-order valence-corrected chi connectivity index (χ1v) is 12.0. The topological polar surface area (TPSA) is 111 Å². The first kappa shape index (κ1) is 25.5. The number of nitrogens with one attached hydrogen (secondary N) is 1. The molecule has 2 aromatic heterocycles. The van der Waals surface area contributed by atoms with Gasteiger partial charge in [-0.1, -0.05) is 23.7 Å². The molecule has 0 aliphatic heterocycles. The van der Waals surface area contributed by atoms with Gasteiger partial charge in [0.05, 0.1) is 32.7 Å². The Morgan fingerprint density at radius 3 is 2.33 bits per heavy atom. The third kappa shape index (κ3) is 5.30. The van der Waals surface area contributed by atoms with Crippen LogP contribution < -0.4 is 9.46 Å². The SMILES string of the molecule is Cn1ccc2c(Cl)cnc(C(NS(=O)(=O)c3ccc(C(=O)O)cc3)c3ccc(OC(F)(F)F)cc3)c21. The molecule has 36 heavy (non-hydrogen) atoms. The zero-order chi connectivity index (χ0) is 26.3. The highest BCUT2D eigenvalue weighted by Crippen LogP contribution is 2.34. The normalized spacial score (nSPS) is 13.0. The Morgan fingerprint density at radius 1 is 1.11 bits per heavy atom. The number of benzene rings is 2. The highest BCUT2D eigenvalue weighted by Gasteiger charge is 2.32. The average molecular weight is 540 g/mol. The van der Waals surface area contributed by atoms with Crippen molar-refractivity contribution in [2.24, 2.45) is 7.05 Å². The van der Waals surface area contributed by atoms with E-state index in [4.69, 9.17) is 16.7 Å². The molecule has 0 aliphatic rings. The van der Waals surface area contributed by atoms with Crippen LogP contribution in [0.15, 0.2) is 71.9 Å². The van der Waals surface area contributed by atoms with E-state index in [9.17, 15) is 26.4 Å². The summed E-state index contributed by atoms with van der Waals surface area (Å²) in [6.45, 7) is 0. The Morgan fingerprint density at radius 2 is 1.75 bits per heavy atom. The second-order valence-electron chi connectivity index (χ2n) is 7.68. The van der Waals surface area contributed by atoms with Gasteiger partial charge < -0.3 is 14.4 Å². The van der Waals surface area contributed by atoms with Gasteiger partial charge in [-0.2, -0.15) is 4.72 Å². The van der Waals surface area contributed by atoms with E-state index in [1.54, 1.807) is 23.9 Å². The summed E-state index contributed by atoms with van der Waals surface area (Å²) in [5.74, 6) is -1.70. The Balaban J connectivity index is 1.81. The van der Waals surface area contributed by atoms with Crippen LogP contribution in [0.4, 0.5) is 13.2 Å². The summed E-state index contributed by atoms with van der Waals surface area (Å²) >= 11 is 6.26. The van der Waals surface area contributed by atoms with Crippen molar-refractivity contribution in [2.75, 3.05) is 0 Å². The van der Waals surface area contributed by atoms with Gasteiger partial charge in [0.15, 0.2) is 0 Å². The molecule has 2 aromatic carbocycles. The quantitative estimate of drug-likeness (QED) is 0.346. The first-order chi connectivity index (χ1) is 16.9. The molecular formula is C23H17ClF3N3O5S. The molecule has 2 N–H and O–H groups in total. The molecule has 0 fully saturated rings. The number of ether oxygens (including phenoxy) is 1. The Labute approximate surface area is 208 Å². The third-order valence-corrected chi connectivity index (χ3v) is 7.03. The van der Waals surface area contributed by atoms with Gasteiger partial charge in [0.25, 0.3) is 0 Å². The minimum atomic E-state index is -4.89. The van der Waals surface area contributed by atoms with Gasteiger partial charge in [-0.25, -0.2) is 13.2 Å². The van der Waals surface area contributed by atoms with Crippen LogP contribution in [0.1, 0.15) is 27.7 Å². The molecule has 13 heteroatoms. The number of alkyl halides is 3. The number of carboxylic acids is 1. The highest BCUT2D eigenvalue weighted by molar-refractivity contribution is 7.89. The van der Waals surface area contributed by atoms with Crippen LogP contribution in [0.5, 0.6) is 5.75 Å². The lowest BCUT2D eigenvalue weighted by molar-refractivity contribution is -0.274. The predicted molar refractivity (Wildman–Crippen MR) is 124 cm³/mol. The van der Waals surface area contributed by atoms with Crippen molar-refractivity contribution in [1.82, 2.24) is 14.3 Å². The Bertz CT molecular complexity index is 1540. The van der Waals surface area contributed by atoms with E-state index in [1.165, 1.54) is 18.3 Å². The lowest BCUT2D eigenvalue weighted by Crippen LogP contribution is -2.30. The van der Waals surface area contributed by atoms with E-state index < -0.39 is 34.1 Å². The number of halogens is 4. The molecule has 4 rings (SSSR count). The zero-order valence-electron chi connectivity index (χ0n) is 18.3. The monoisotopic (exact) mass is 539 g/mol. The van der Waals surface area contributed by atoms with Crippen LogP contribution in [0.3, 0.4) is 0 Å². The van der Waals surface area contributed by atoms with E-state index in [0.29, 0.717) is 15.9 Å². The van der Waals surface area contributed by atoms with Crippen LogP contribution in [0, 0.1) is 0 Å². The summed E-state index contributed by atoms with van der Waals surface area (Å²) in [5, 5.41) is 10.00. The van der Waals surface area contributed by atoms with Crippen LogP contribution in [-0.2, 0) is 17.1 Å². The summed E-state index contributed by atoms with van der Waals surface area (Å²) in [4.78, 5) is 15.2. The van der Waals surface area contributed by atoms with Crippen LogP contribution in [0.2, 0.25) is 5.02 Å². The summed E-state index contributed by atoms with van der Waals surface area (Å²) in [5.41, 5.74) is 0.924. The molecule has 8 nitrogen and oxygen atoms in total. The molecule has 0 amide bonds. The highest BCUT2D eigenvalue weighted by atomic mass is 35.5. The van der Waals surface area contributed by atoms with Crippen LogP contribution in [-0.4, -0.2) is 35.4 Å². The predicted octanol–water partition coefficient (Wildman–Crippen LogP) is 4.89. The number of rotatable bonds is 7. The molecule has 0 spiro atoms. The van der Waals surface area contributed by atoms with Crippen LogP contribution >= 0.6 is 11.6 Å². The number of sulfonamides is 1. The molecule has 188 valence electrons. The second kappa shape index (κ2) is 9.45. The van der Waals surface area contributed by atoms with Crippen molar-refractivity contribution >= 4 is 38.5 Å². The smallest absolute Gasteiger partial charge is 0.478 e. The Hall–Kier alpha value is -3.61. The average Bonchev–Trinajstić information content (AvgIpc) is 3.20. The van der Waals surface area contributed by atoms with Crippen molar-refractivity contribution in [1.29, 1.82) is 0 Å². The fourth-order valence-corrected chi connectivity index (χ4v) is 5.04. The minimum absolute atomic E-state index is 0.101. The van der Waals surface area contributed by atoms with Crippen molar-refractivity contribution in [2.45, 2.75) is 17.3 Å². The van der Waals surface area contributed by atoms with Gasteiger partial charge in [-0.3, -0.25) is 4.98 Å². The number of pyridine rings is 1. The molecular weight excluding hydrogens is 523 g/mol. The standard InChI is InChI=1S/C23H17ClF3N3O5S/c1-30-11-10-17-18(24)12-28-20(21(17)30)19(13-2-6-15(7-3-13)35-23(25,26)27)29-36(33,34)16-8-4-14(5-9-16)22(31)32/h2-12,19,29H,1H3,(H,31,32). The van der Waals surface area contributed by atoms with E-state index >= 15 is 0 Å². The first-order valence-electron chi connectivity index (χ1n) is 10.2. The molecule has 0 aliphatic carbocycles. The van der Waals surface area contributed by atoms with Crippen molar-refractivity contribution < 1.29 is 36.2 Å². The minimum Gasteiger partial charge on any atom is -0.478 e. The van der Waals surface area contributed by atoms with Gasteiger partial charge in [0, 0.05) is 24.8 Å². The lowest BCUT2D eigenvalue weighted by atomic mass is 10.0. The van der Waals surface area contributed by atoms with Gasteiger partial charge in [0.2, 0.25) is 10.0 Å². The zero-order valence-corrected chi connectivity index (χ0v) is 19.9. The number of hydrogen-bond donors (Lipinski definition) is 2. The fourth-order valence-electron chi connectivity index (χ4n) is 3.65. The van der Waals surface area contributed by atoms with Gasteiger partial charge >= 0.3 is 12.3 Å². The molecule has 2 heterocycles. The Kier molecular flexibility index (Phi) is 6.69. The van der Waals surface area contributed by atoms with Crippen LogP contribution in [0.25, 0.3) is 10.9 Å². The molecule has 0 saturated carbocycles. The number of fused-ring (bicyclic) bond motifs is 1. The largest absolute Gasteiger partial charge is 0.573 e. The number of carboxylic acid groups (broad SMARTS) is 1. The molecule has 1 atom stereocenters. The van der Waals surface area contributed by atoms with Gasteiger partial charge in [-0.15, -0.1) is 13.2 Å². The van der Waals surface area contributed by atoms with E-state index in [2.05, 4.69) is 14.4 Å². The number of aryl methyl sites for hydroxylation is 1. The molecule has 0 bridgehead atoms. The molecule has 0 saturated heterocycles. The van der Waals surface area contributed by atoms with Crippen molar-refractivity contribution in [3.63, 3.8) is 0 Å². The number of nitrogens with zero attached hydrogens (tertiary/aromatic N) is 2. The summed E-state index contributed by atoms with van der Waals surface area (Å²) in [7, 11) is -2.54. The van der Waals surface area contributed by atoms with Gasteiger partial charge in [0.1, 0.15) is 5.75 Å². The summed E-state index contributed by atoms with van der Waals surface area (Å²) < 4.78 is 72.4. The third-order valence-electron chi connectivity index (χ3n) is 5.29. The maximum atomic E-state index is 13.3. The number of carbonyl (C=O) groups is 1. The number of hydrogen-bond acceptors (Lipinski definition) is 5. The molecule has 4 aromatic rings. The number of aromatic nitrogens is 2. The maximum absolute atomic E-state index is 13.3. The van der Waals surface area contributed by atoms with Crippen molar-refractivity contribution in [3.8, 4) is 5.75 Å².